The van der Waals surface area contributed by atoms with E-state index in [2.05, 4.69) is 14.3 Å². The van der Waals surface area contributed by atoms with Gasteiger partial charge in [0.05, 0.1) is 10.6 Å². The second kappa shape index (κ2) is 6.48. The van der Waals surface area contributed by atoms with Gasteiger partial charge >= 0.3 is 0 Å². The molecule has 2 aromatic carbocycles. The van der Waals surface area contributed by atoms with Gasteiger partial charge in [0.2, 0.25) is 0 Å². The largest absolute Gasteiger partial charge is 0.325 e. The van der Waals surface area contributed by atoms with Crippen LogP contribution in [0, 0.1) is 13.8 Å². The van der Waals surface area contributed by atoms with Gasteiger partial charge in [0, 0.05) is 29.7 Å². The van der Waals surface area contributed by atoms with Crippen molar-refractivity contribution in [2.45, 2.75) is 30.4 Å². The van der Waals surface area contributed by atoms with E-state index in [0.29, 0.717) is 5.69 Å². The lowest BCUT2D eigenvalue weighted by Crippen LogP contribution is -2.13. The van der Waals surface area contributed by atoms with Gasteiger partial charge in [-0.3, -0.25) is 4.72 Å². The highest BCUT2D eigenvalue weighted by Gasteiger charge is 2.17. The maximum Gasteiger partial charge on any atom is 0.261 e. The van der Waals surface area contributed by atoms with E-state index >= 15 is 0 Å². The number of aromatic nitrogens is 2. The summed E-state index contributed by atoms with van der Waals surface area (Å²) in [6.45, 7) is 4.83. The lowest BCUT2D eigenvalue weighted by molar-refractivity contribution is 0.601. The first-order valence-corrected chi connectivity index (χ1v) is 10.8. The lowest BCUT2D eigenvalue weighted by Gasteiger charge is -2.10. The van der Waals surface area contributed by atoms with E-state index in [1.807, 2.05) is 44.3 Å². The highest BCUT2D eigenvalue weighted by atomic mass is 32.2. The predicted molar refractivity (Wildman–Crippen MR) is 105 cm³/mol. The number of rotatable bonds is 4. The van der Waals surface area contributed by atoms with E-state index in [4.69, 9.17) is 0 Å². The highest BCUT2D eigenvalue weighted by Crippen LogP contribution is 2.30. The number of hydrogen-bond donors (Lipinski definition) is 1. The van der Waals surface area contributed by atoms with Gasteiger partial charge in [-0.2, -0.15) is 0 Å². The minimum absolute atomic E-state index is 0.267. The van der Waals surface area contributed by atoms with E-state index in [-0.39, 0.29) is 4.90 Å². The molecule has 0 spiro atoms. The molecule has 0 amide bonds. The molecule has 0 atom stereocenters. The van der Waals surface area contributed by atoms with E-state index in [9.17, 15) is 8.42 Å². The Labute approximate surface area is 157 Å². The predicted octanol–water partition coefficient (Wildman–Crippen LogP) is 4.07. The Morgan fingerprint density at radius 1 is 1.12 bits per heavy atom. The Balaban J connectivity index is 1.62. The van der Waals surface area contributed by atoms with Crippen LogP contribution in [0.5, 0.6) is 0 Å². The minimum Gasteiger partial charge on any atom is -0.325 e. The summed E-state index contributed by atoms with van der Waals surface area (Å²) >= 11 is 1.74. The third kappa shape index (κ3) is 3.24. The molecule has 0 radical (unpaired) electrons. The Bertz CT molecular complexity index is 1070. The number of anilines is 1. The number of sulfonamides is 1. The van der Waals surface area contributed by atoms with Crippen LogP contribution in [-0.2, 0) is 16.6 Å². The van der Waals surface area contributed by atoms with E-state index in [1.165, 1.54) is 0 Å². The van der Waals surface area contributed by atoms with Gasteiger partial charge in [-0.15, -0.1) is 0 Å². The Hall–Kier alpha value is -2.25. The summed E-state index contributed by atoms with van der Waals surface area (Å²) in [5.41, 5.74) is 4.30. The van der Waals surface area contributed by atoms with E-state index < -0.39 is 10.0 Å². The minimum atomic E-state index is -3.63. The van der Waals surface area contributed by atoms with Crippen molar-refractivity contribution in [1.29, 1.82) is 0 Å². The molecule has 0 saturated heterocycles. The smallest absolute Gasteiger partial charge is 0.261 e. The van der Waals surface area contributed by atoms with Crippen molar-refractivity contribution < 1.29 is 8.42 Å². The van der Waals surface area contributed by atoms with Crippen LogP contribution >= 0.6 is 11.8 Å². The maximum atomic E-state index is 12.7. The second-order valence-corrected chi connectivity index (χ2v) is 9.13. The number of fused-ring (bicyclic) bond motifs is 1. The van der Waals surface area contributed by atoms with Gasteiger partial charge in [0.1, 0.15) is 0 Å². The number of hydrogen-bond acceptors (Lipinski definition) is 4. The summed E-state index contributed by atoms with van der Waals surface area (Å²) in [6.07, 6.45) is 2.02. The summed E-state index contributed by atoms with van der Waals surface area (Å²) in [7, 11) is -3.63. The molecule has 0 bridgehead atoms. The topological polar surface area (TPSA) is 64.0 Å². The first kappa shape index (κ1) is 17.2. The molecule has 1 aromatic heterocycles. The molecule has 0 aliphatic carbocycles. The number of imidazole rings is 1. The van der Waals surface area contributed by atoms with Crippen molar-refractivity contribution in [1.82, 2.24) is 9.55 Å². The molecule has 3 aromatic rings. The van der Waals surface area contributed by atoms with E-state index in [1.54, 1.807) is 30.0 Å². The van der Waals surface area contributed by atoms with Gasteiger partial charge in [-0.25, -0.2) is 13.4 Å². The van der Waals surface area contributed by atoms with Gasteiger partial charge in [-0.05, 0) is 49.2 Å². The van der Waals surface area contributed by atoms with E-state index in [0.717, 1.165) is 39.8 Å². The van der Waals surface area contributed by atoms with Crippen LogP contribution in [-0.4, -0.2) is 23.7 Å². The third-order valence-electron chi connectivity index (χ3n) is 4.50. The van der Waals surface area contributed by atoms with Crippen molar-refractivity contribution in [2.24, 2.45) is 0 Å². The molecular formula is C19H19N3O2S2. The summed E-state index contributed by atoms with van der Waals surface area (Å²) in [5, 5.41) is 1.01. The van der Waals surface area contributed by atoms with Crippen LogP contribution in [0.1, 0.15) is 11.1 Å². The number of nitrogens with one attached hydrogen (secondary N) is 1. The molecule has 26 heavy (non-hydrogen) atoms. The van der Waals surface area contributed by atoms with Crippen LogP contribution in [0.25, 0.3) is 11.3 Å². The molecule has 1 N–H and O–H groups in total. The Morgan fingerprint density at radius 3 is 2.73 bits per heavy atom. The normalized spacial score (nSPS) is 13.6. The molecule has 0 saturated carbocycles. The zero-order chi connectivity index (χ0) is 18.3. The highest BCUT2D eigenvalue weighted by molar-refractivity contribution is 7.99. The number of thioether (sulfide) groups is 1. The fraction of sp³-hybridized carbons (Fsp3) is 0.211. The first-order valence-electron chi connectivity index (χ1n) is 8.33. The molecule has 5 nitrogen and oxygen atoms in total. The first-order chi connectivity index (χ1) is 12.4. The van der Waals surface area contributed by atoms with Crippen LogP contribution in [0.4, 0.5) is 5.69 Å². The molecule has 2 heterocycles. The summed E-state index contributed by atoms with van der Waals surface area (Å²) in [4.78, 5) is 4.89. The SMILES string of the molecule is Cc1ccc(S(=O)(=O)Nc2cccc(-c3cn4c(n3)SCC4)c2)cc1C. The van der Waals surface area contributed by atoms with Crippen LogP contribution < -0.4 is 4.72 Å². The molecular weight excluding hydrogens is 366 g/mol. The van der Waals surface area contributed by atoms with Gasteiger partial charge in [-0.1, -0.05) is 30.0 Å². The zero-order valence-electron chi connectivity index (χ0n) is 14.6. The third-order valence-corrected chi connectivity index (χ3v) is 6.85. The van der Waals surface area contributed by atoms with Crippen molar-refractivity contribution in [3.8, 4) is 11.3 Å². The van der Waals surface area contributed by atoms with Crippen molar-refractivity contribution >= 4 is 27.5 Å². The van der Waals surface area contributed by atoms with Gasteiger partial charge in [0.15, 0.2) is 5.16 Å². The fourth-order valence-electron chi connectivity index (χ4n) is 2.89. The average molecular weight is 386 g/mol. The Kier molecular flexibility index (Phi) is 4.28. The van der Waals surface area contributed by atoms with Crippen LogP contribution in [0.3, 0.4) is 0 Å². The molecule has 134 valence electrons. The number of benzene rings is 2. The Morgan fingerprint density at radius 2 is 1.96 bits per heavy atom. The number of aryl methyl sites for hydroxylation is 3. The molecule has 7 heteroatoms. The van der Waals surface area contributed by atoms with Crippen LogP contribution in [0.2, 0.25) is 0 Å². The maximum absolute atomic E-state index is 12.7. The summed E-state index contributed by atoms with van der Waals surface area (Å²) < 4.78 is 30.2. The van der Waals surface area contributed by atoms with Gasteiger partial charge < -0.3 is 4.57 Å². The average Bonchev–Trinajstić information content (AvgIpc) is 3.19. The lowest BCUT2D eigenvalue weighted by atomic mass is 10.1. The quantitative estimate of drug-likeness (QED) is 0.735. The zero-order valence-corrected chi connectivity index (χ0v) is 16.2. The summed E-state index contributed by atoms with van der Waals surface area (Å²) in [5.74, 6) is 1.05. The van der Waals surface area contributed by atoms with Crippen molar-refractivity contribution in [2.75, 3.05) is 10.5 Å². The summed E-state index contributed by atoms with van der Waals surface area (Å²) in [6, 6.07) is 12.5. The fourth-order valence-corrected chi connectivity index (χ4v) is 4.96. The molecule has 1 aliphatic rings. The standard InChI is InChI=1S/C19H19N3O2S2/c1-13-6-7-17(10-14(13)2)26(23,24)21-16-5-3-4-15(11-16)18-12-22-8-9-25-19(22)20-18/h3-7,10-12,21H,8-9H2,1-2H3. The van der Waals surface area contributed by atoms with Crippen molar-refractivity contribution in [3.63, 3.8) is 0 Å². The van der Waals surface area contributed by atoms with Crippen molar-refractivity contribution in [3.05, 3.63) is 59.8 Å². The molecule has 0 unspecified atom stereocenters. The second-order valence-electron chi connectivity index (χ2n) is 6.38. The monoisotopic (exact) mass is 385 g/mol. The van der Waals surface area contributed by atoms with Crippen LogP contribution in [0.15, 0.2) is 58.7 Å². The molecule has 0 fully saturated rings. The van der Waals surface area contributed by atoms with Gasteiger partial charge in [0.25, 0.3) is 10.0 Å². The molecule has 4 rings (SSSR count). The number of nitrogens with zero attached hydrogens (tertiary/aromatic N) is 2. The molecule has 1 aliphatic heterocycles.